The van der Waals surface area contributed by atoms with E-state index in [0.29, 0.717) is 28.6 Å². The number of nitrogens with one attached hydrogen (secondary N) is 2. The van der Waals surface area contributed by atoms with Crippen LogP contribution >= 0.6 is 23.2 Å². The number of amides is 2. The molecule has 0 unspecified atom stereocenters. The molecule has 0 saturated carbocycles. The second kappa shape index (κ2) is 9.46. The van der Waals surface area contributed by atoms with E-state index in [-0.39, 0.29) is 18.4 Å². The lowest BCUT2D eigenvalue weighted by Gasteiger charge is -2.11. The molecule has 138 valence electrons. The fourth-order valence-corrected chi connectivity index (χ4v) is 2.80. The molecule has 7 heteroatoms. The number of anilines is 2. The molecule has 26 heavy (non-hydrogen) atoms. The third-order valence-electron chi connectivity index (χ3n) is 3.68. The molecule has 2 aromatic carbocycles. The maximum atomic E-state index is 12.0. The molecule has 0 aliphatic rings. The highest BCUT2D eigenvalue weighted by Crippen LogP contribution is 2.22. The van der Waals surface area contributed by atoms with Crippen LogP contribution in [-0.2, 0) is 16.0 Å². The molecule has 0 bridgehead atoms. The van der Waals surface area contributed by atoms with E-state index < -0.39 is 0 Å². The third kappa shape index (κ3) is 6.58. The van der Waals surface area contributed by atoms with E-state index in [0.717, 1.165) is 11.3 Å². The van der Waals surface area contributed by atoms with Crippen LogP contribution in [0.1, 0.15) is 12.0 Å². The molecule has 2 aromatic rings. The SMILES string of the molecule is CN(C)C(=O)CCc1ccc(NCC(=O)Nc2cc(Cl)cc(Cl)c2)cc1. The average molecular weight is 394 g/mol. The van der Waals surface area contributed by atoms with Gasteiger partial charge in [0, 0.05) is 41.9 Å². The van der Waals surface area contributed by atoms with Crippen LogP contribution in [0.5, 0.6) is 0 Å². The molecule has 0 aliphatic heterocycles. The molecule has 0 spiro atoms. The summed E-state index contributed by atoms with van der Waals surface area (Å²) < 4.78 is 0. The molecule has 0 fully saturated rings. The fourth-order valence-electron chi connectivity index (χ4n) is 2.28. The van der Waals surface area contributed by atoms with E-state index in [4.69, 9.17) is 23.2 Å². The van der Waals surface area contributed by atoms with Gasteiger partial charge in [0.25, 0.3) is 0 Å². The normalized spacial score (nSPS) is 10.3. The van der Waals surface area contributed by atoms with E-state index in [1.807, 2.05) is 24.3 Å². The minimum absolute atomic E-state index is 0.102. The number of hydrogen-bond donors (Lipinski definition) is 2. The van der Waals surface area contributed by atoms with Crippen LogP contribution in [0.4, 0.5) is 11.4 Å². The molecule has 5 nitrogen and oxygen atoms in total. The van der Waals surface area contributed by atoms with Crippen LogP contribution in [-0.4, -0.2) is 37.4 Å². The molecular weight excluding hydrogens is 373 g/mol. The maximum Gasteiger partial charge on any atom is 0.243 e. The molecule has 2 N–H and O–H groups in total. The molecular formula is C19H21Cl2N3O2. The Morgan fingerprint density at radius 2 is 1.58 bits per heavy atom. The summed E-state index contributed by atoms with van der Waals surface area (Å²) >= 11 is 11.8. The Balaban J connectivity index is 1.81. The minimum atomic E-state index is -0.205. The Morgan fingerprint density at radius 1 is 0.962 bits per heavy atom. The van der Waals surface area contributed by atoms with Crippen molar-refractivity contribution >= 4 is 46.4 Å². The smallest absolute Gasteiger partial charge is 0.243 e. The molecule has 0 radical (unpaired) electrons. The number of aryl methyl sites for hydroxylation is 1. The molecule has 2 amide bonds. The van der Waals surface area contributed by atoms with Gasteiger partial charge in [-0.05, 0) is 42.3 Å². The summed E-state index contributed by atoms with van der Waals surface area (Å²) in [7, 11) is 3.50. The Morgan fingerprint density at radius 3 is 2.15 bits per heavy atom. The number of carbonyl (C=O) groups is 2. The number of rotatable bonds is 7. The Hall–Kier alpha value is -2.24. The molecule has 0 saturated heterocycles. The molecule has 0 atom stereocenters. The standard InChI is InChI=1S/C19H21Cl2N3O2/c1-24(2)19(26)8-5-13-3-6-16(7-4-13)22-12-18(25)23-17-10-14(20)9-15(21)11-17/h3-4,6-7,9-11,22H,5,8,12H2,1-2H3,(H,23,25). The van der Waals surface area contributed by atoms with Crippen molar-refractivity contribution in [1.29, 1.82) is 0 Å². The van der Waals surface area contributed by atoms with Crippen LogP contribution in [0.2, 0.25) is 10.0 Å². The van der Waals surface area contributed by atoms with Crippen molar-refractivity contribution in [2.45, 2.75) is 12.8 Å². The summed E-state index contributed by atoms with van der Waals surface area (Å²) in [6, 6.07) is 12.5. The van der Waals surface area contributed by atoms with Crippen LogP contribution in [0.3, 0.4) is 0 Å². The van der Waals surface area contributed by atoms with Crippen LogP contribution in [0, 0.1) is 0 Å². The highest BCUT2D eigenvalue weighted by Gasteiger charge is 2.06. The monoisotopic (exact) mass is 393 g/mol. The van der Waals surface area contributed by atoms with Crippen molar-refractivity contribution in [2.75, 3.05) is 31.3 Å². The number of halogens is 2. The predicted octanol–water partition coefficient (Wildman–Crippen LogP) is 4.06. The lowest BCUT2D eigenvalue weighted by atomic mass is 10.1. The first kappa shape index (κ1) is 20.1. The first-order chi connectivity index (χ1) is 12.3. The molecule has 2 rings (SSSR count). The van der Waals surface area contributed by atoms with E-state index in [9.17, 15) is 9.59 Å². The maximum absolute atomic E-state index is 12.0. The van der Waals surface area contributed by atoms with Crippen LogP contribution in [0.15, 0.2) is 42.5 Å². The Labute approximate surface area is 163 Å². The summed E-state index contributed by atoms with van der Waals surface area (Å²) in [6.45, 7) is 0.114. The van der Waals surface area contributed by atoms with Crippen molar-refractivity contribution < 1.29 is 9.59 Å². The zero-order valence-corrected chi connectivity index (χ0v) is 16.2. The van der Waals surface area contributed by atoms with E-state index in [1.165, 1.54) is 0 Å². The van der Waals surface area contributed by atoms with Crippen molar-refractivity contribution in [3.8, 4) is 0 Å². The van der Waals surface area contributed by atoms with Crippen molar-refractivity contribution in [3.05, 3.63) is 58.1 Å². The molecule has 0 aromatic heterocycles. The zero-order valence-electron chi connectivity index (χ0n) is 14.7. The van der Waals surface area contributed by atoms with Gasteiger partial charge in [-0.1, -0.05) is 35.3 Å². The van der Waals surface area contributed by atoms with Crippen LogP contribution < -0.4 is 10.6 Å². The van der Waals surface area contributed by atoms with Gasteiger partial charge < -0.3 is 15.5 Å². The van der Waals surface area contributed by atoms with Crippen LogP contribution in [0.25, 0.3) is 0 Å². The largest absolute Gasteiger partial charge is 0.376 e. The van der Waals surface area contributed by atoms with Gasteiger partial charge in [0.15, 0.2) is 0 Å². The van der Waals surface area contributed by atoms with E-state index in [1.54, 1.807) is 37.2 Å². The van der Waals surface area contributed by atoms with Gasteiger partial charge in [-0.25, -0.2) is 0 Å². The fraction of sp³-hybridized carbons (Fsp3) is 0.263. The zero-order chi connectivity index (χ0) is 19.1. The first-order valence-electron chi connectivity index (χ1n) is 8.12. The number of carbonyl (C=O) groups excluding carboxylic acids is 2. The predicted molar refractivity (Wildman–Crippen MR) is 107 cm³/mol. The highest BCUT2D eigenvalue weighted by molar-refractivity contribution is 6.35. The van der Waals surface area contributed by atoms with Crippen molar-refractivity contribution in [3.63, 3.8) is 0 Å². The van der Waals surface area contributed by atoms with Gasteiger partial charge in [0.1, 0.15) is 0 Å². The second-order valence-electron chi connectivity index (χ2n) is 6.04. The Bertz CT molecular complexity index is 757. The topological polar surface area (TPSA) is 61.4 Å². The quantitative estimate of drug-likeness (QED) is 0.745. The minimum Gasteiger partial charge on any atom is -0.376 e. The second-order valence-corrected chi connectivity index (χ2v) is 6.92. The summed E-state index contributed by atoms with van der Waals surface area (Å²) in [6.07, 6.45) is 1.16. The highest BCUT2D eigenvalue weighted by atomic mass is 35.5. The molecule has 0 heterocycles. The number of nitrogens with zero attached hydrogens (tertiary/aromatic N) is 1. The summed E-state index contributed by atoms with van der Waals surface area (Å²) in [4.78, 5) is 25.2. The average Bonchev–Trinajstić information content (AvgIpc) is 2.57. The molecule has 0 aliphatic carbocycles. The summed E-state index contributed by atoms with van der Waals surface area (Å²) in [5, 5.41) is 6.71. The van der Waals surface area contributed by atoms with Gasteiger partial charge in [-0.2, -0.15) is 0 Å². The summed E-state index contributed by atoms with van der Waals surface area (Å²) in [5.41, 5.74) is 2.45. The Kier molecular flexibility index (Phi) is 7.30. The lowest BCUT2D eigenvalue weighted by Crippen LogP contribution is -2.22. The number of hydrogen-bond acceptors (Lipinski definition) is 3. The summed E-state index contributed by atoms with van der Waals surface area (Å²) in [5.74, 6) is -0.103. The first-order valence-corrected chi connectivity index (χ1v) is 8.88. The van der Waals surface area contributed by atoms with Gasteiger partial charge in [0.2, 0.25) is 11.8 Å². The number of benzene rings is 2. The van der Waals surface area contributed by atoms with Gasteiger partial charge in [0.05, 0.1) is 6.54 Å². The lowest BCUT2D eigenvalue weighted by molar-refractivity contribution is -0.128. The van der Waals surface area contributed by atoms with Crippen molar-refractivity contribution in [2.24, 2.45) is 0 Å². The third-order valence-corrected chi connectivity index (χ3v) is 4.12. The van der Waals surface area contributed by atoms with Crippen molar-refractivity contribution in [1.82, 2.24) is 4.90 Å². The van der Waals surface area contributed by atoms with E-state index >= 15 is 0 Å². The van der Waals surface area contributed by atoms with Gasteiger partial charge in [-0.3, -0.25) is 9.59 Å². The van der Waals surface area contributed by atoms with E-state index in [2.05, 4.69) is 10.6 Å². The van der Waals surface area contributed by atoms with Gasteiger partial charge in [-0.15, -0.1) is 0 Å². The van der Waals surface area contributed by atoms with Gasteiger partial charge >= 0.3 is 0 Å².